The standard InChI is InChI=1S/C14H8F2N2O2/c15-8-4-3-5-9(16)12(8)13-17-10-6-1-2-7-11(10)18(13)14(19)20/h1-7H,(H,19,20). The maximum absolute atomic E-state index is 13.8. The molecular formula is C14H8F2N2O2. The van der Waals surface area contributed by atoms with Crippen LogP contribution in [0.15, 0.2) is 42.5 Å². The first kappa shape index (κ1) is 12.3. The van der Waals surface area contributed by atoms with E-state index in [1.807, 2.05) is 0 Å². The lowest BCUT2D eigenvalue weighted by molar-refractivity contribution is 0.197. The van der Waals surface area contributed by atoms with Crippen molar-refractivity contribution in [1.29, 1.82) is 0 Å². The van der Waals surface area contributed by atoms with Crippen LogP contribution in [0, 0.1) is 11.6 Å². The predicted molar refractivity (Wildman–Crippen MR) is 68.5 cm³/mol. The average molecular weight is 274 g/mol. The van der Waals surface area contributed by atoms with Crippen LogP contribution < -0.4 is 0 Å². The van der Waals surface area contributed by atoms with Gasteiger partial charge in [0.15, 0.2) is 5.82 Å². The highest BCUT2D eigenvalue weighted by molar-refractivity contribution is 5.91. The normalized spacial score (nSPS) is 10.9. The zero-order valence-electron chi connectivity index (χ0n) is 10.0. The quantitative estimate of drug-likeness (QED) is 0.738. The third-order valence-corrected chi connectivity index (χ3v) is 2.94. The number of hydrogen-bond donors (Lipinski definition) is 1. The minimum atomic E-state index is -1.35. The molecule has 0 fully saturated rings. The molecule has 0 saturated heterocycles. The Morgan fingerprint density at radius 1 is 1.05 bits per heavy atom. The van der Waals surface area contributed by atoms with Gasteiger partial charge in [0.25, 0.3) is 0 Å². The topological polar surface area (TPSA) is 55.1 Å². The van der Waals surface area contributed by atoms with Gasteiger partial charge in [-0.25, -0.2) is 23.1 Å². The molecular weight excluding hydrogens is 266 g/mol. The number of fused-ring (bicyclic) bond motifs is 1. The van der Waals surface area contributed by atoms with Crippen LogP contribution in [-0.2, 0) is 0 Å². The van der Waals surface area contributed by atoms with Gasteiger partial charge < -0.3 is 5.11 Å². The van der Waals surface area contributed by atoms with Gasteiger partial charge in [-0.05, 0) is 24.3 Å². The van der Waals surface area contributed by atoms with E-state index in [1.54, 1.807) is 18.2 Å². The summed E-state index contributed by atoms with van der Waals surface area (Å²) < 4.78 is 28.4. The summed E-state index contributed by atoms with van der Waals surface area (Å²) in [6.07, 6.45) is -1.35. The second kappa shape index (κ2) is 4.41. The third kappa shape index (κ3) is 1.73. The van der Waals surface area contributed by atoms with E-state index in [4.69, 9.17) is 0 Å². The number of halogens is 2. The third-order valence-electron chi connectivity index (χ3n) is 2.94. The van der Waals surface area contributed by atoms with Crippen molar-refractivity contribution in [2.45, 2.75) is 0 Å². The first-order valence-electron chi connectivity index (χ1n) is 5.75. The Morgan fingerprint density at radius 2 is 1.70 bits per heavy atom. The van der Waals surface area contributed by atoms with E-state index < -0.39 is 23.3 Å². The fourth-order valence-electron chi connectivity index (χ4n) is 2.10. The van der Waals surface area contributed by atoms with Gasteiger partial charge in [0.05, 0.1) is 16.6 Å². The SMILES string of the molecule is O=C(O)n1c(-c2c(F)cccc2F)nc2ccccc21. The predicted octanol–water partition coefficient (Wildman–Crippen LogP) is 3.51. The average Bonchev–Trinajstić information content (AvgIpc) is 2.77. The van der Waals surface area contributed by atoms with E-state index in [9.17, 15) is 18.7 Å². The molecule has 0 aliphatic carbocycles. The number of para-hydroxylation sites is 2. The van der Waals surface area contributed by atoms with Crippen molar-refractivity contribution in [2.75, 3.05) is 0 Å². The number of nitrogens with zero attached hydrogens (tertiary/aromatic N) is 2. The zero-order valence-corrected chi connectivity index (χ0v) is 10.0. The lowest BCUT2D eigenvalue weighted by Gasteiger charge is -2.05. The van der Waals surface area contributed by atoms with Crippen molar-refractivity contribution < 1.29 is 18.7 Å². The second-order valence-corrected chi connectivity index (χ2v) is 4.14. The summed E-state index contributed by atoms with van der Waals surface area (Å²) >= 11 is 0. The van der Waals surface area contributed by atoms with Gasteiger partial charge in [-0.15, -0.1) is 0 Å². The highest BCUT2D eigenvalue weighted by Crippen LogP contribution is 2.28. The molecule has 0 amide bonds. The highest BCUT2D eigenvalue weighted by Gasteiger charge is 2.22. The minimum Gasteiger partial charge on any atom is -0.464 e. The molecule has 0 saturated carbocycles. The highest BCUT2D eigenvalue weighted by atomic mass is 19.1. The molecule has 100 valence electrons. The molecule has 0 spiro atoms. The van der Waals surface area contributed by atoms with Gasteiger partial charge in [0.1, 0.15) is 11.6 Å². The Hall–Kier alpha value is -2.76. The molecule has 20 heavy (non-hydrogen) atoms. The molecule has 0 radical (unpaired) electrons. The Labute approximate surface area is 111 Å². The fraction of sp³-hybridized carbons (Fsp3) is 0. The number of carbonyl (C=O) groups is 1. The summed E-state index contributed by atoms with van der Waals surface area (Å²) in [5.41, 5.74) is 0.177. The maximum Gasteiger partial charge on any atom is 0.417 e. The molecule has 3 aromatic rings. The Kier molecular flexibility index (Phi) is 2.71. The molecule has 0 unspecified atom stereocenters. The summed E-state index contributed by atoms with van der Waals surface area (Å²) in [7, 11) is 0. The zero-order chi connectivity index (χ0) is 14.3. The van der Waals surface area contributed by atoms with Gasteiger partial charge in [-0.3, -0.25) is 0 Å². The first-order valence-corrected chi connectivity index (χ1v) is 5.75. The van der Waals surface area contributed by atoms with Crippen molar-refractivity contribution in [3.8, 4) is 11.4 Å². The van der Waals surface area contributed by atoms with Gasteiger partial charge >= 0.3 is 6.09 Å². The number of benzene rings is 2. The fourth-order valence-corrected chi connectivity index (χ4v) is 2.10. The Bertz CT molecular complexity index is 807. The molecule has 4 nitrogen and oxygen atoms in total. The van der Waals surface area contributed by atoms with E-state index in [0.29, 0.717) is 5.52 Å². The number of imidazole rings is 1. The molecule has 0 aliphatic heterocycles. The van der Waals surface area contributed by atoms with Crippen molar-refractivity contribution in [1.82, 2.24) is 9.55 Å². The molecule has 2 aromatic carbocycles. The molecule has 1 N–H and O–H groups in total. The number of rotatable bonds is 1. The first-order chi connectivity index (χ1) is 9.59. The van der Waals surface area contributed by atoms with Crippen LogP contribution in [0.25, 0.3) is 22.4 Å². The lowest BCUT2D eigenvalue weighted by atomic mass is 10.2. The maximum atomic E-state index is 13.8. The van der Waals surface area contributed by atoms with Crippen LogP contribution in [0.4, 0.5) is 13.6 Å². The van der Waals surface area contributed by atoms with Crippen molar-refractivity contribution in [3.05, 3.63) is 54.1 Å². The van der Waals surface area contributed by atoms with Crippen LogP contribution in [-0.4, -0.2) is 20.8 Å². The molecule has 0 atom stereocenters. The van der Waals surface area contributed by atoms with Crippen LogP contribution >= 0.6 is 0 Å². The van der Waals surface area contributed by atoms with E-state index in [0.717, 1.165) is 16.7 Å². The van der Waals surface area contributed by atoms with Crippen LogP contribution in [0.5, 0.6) is 0 Å². The van der Waals surface area contributed by atoms with Crippen molar-refractivity contribution >= 4 is 17.1 Å². The summed E-state index contributed by atoms with van der Waals surface area (Å²) in [5, 5.41) is 9.27. The molecule has 0 aliphatic rings. The van der Waals surface area contributed by atoms with E-state index in [2.05, 4.69) is 4.98 Å². The molecule has 6 heteroatoms. The molecule has 1 aromatic heterocycles. The summed E-state index contributed by atoms with van der Waals surface area (Å²) in [6.45, 7) is 0. The summed E-state index contributed by atoms with van der Waals surface area (Å²) in [6, 6.07) is 9.74. The van der Waals surface area contributed by atoms with E-state index in [1.165, 1.54) is 12.1 Å². The number of carboxylic acid groups (broad SMARTS) is 1. The second-order valence-electron chi connectivity index (χ2n) is 4.14. The summed E-state index contributed by atoms with van der Waals surface area (Å²) in [4.78, 5) is 15.4. The van der Waals surface area contributed by atoms with Crippen LogP contribution in [0.1, 0.15) is 0 Å². The number of hydrogen-bond acceptors (Lipinski definition) is 2. The van der Waals surface area contributed by atoms with E-state index in [-0.39, 0.29) is 11.3 Å². The number of aromatic nitrogens is 2. The largest absolute Gasteiger partial charge is 0.464 e. The Morgan fingerprint density at radius 3 is 2.35 bits per heavy atom. The van der Waals surface area contributed by atoms with Gasteiger partial charge in [-0.2, -0.15) is 0 Å². The molecule has 1 heterocycles. The van der Waals surface area contributed by atoms with Crippen LogP contribution in [0.2, 0.25) is 0 Å². The minimum absolute atomic E-state index is 0.269. The monoisotopic (exact) mass is 274 g/mol. The van der Waals surface area contributed by atoms with Crippen LogP contribution in [0.3, 0.4) is 0 Å². The lowest BCUT2D eigenvalue weighted by Crippen LogP contribution is -2.10. The summed E-state index contributed by atoms with van der Waals surface area (Å²) in [5.74, 6) is -1.99. The van der Waals surface area contributed by atoms with Gasteiger partial charge in [-0.1, -0.05) is 18.2 Å². The van der Waals surface area contributed by atoms with E-state index >= 15 is 0 Å². The molecule has 0 bridgehead atoms. The van der Waals surface area contributed by atoms with Crippen molar-refractivity contribution in [2.24, 2.45) is 0 Å². The van der Waals surface area contributed by atoms with Crippen molar-refractivity contribution in [3.63, 3.8) is 0 Å². The molecule has 3 rings (SSSR count). The van der Waals surface area contributed by atoms with Gasteiger partial charge in [0, 0.05) is 0 Å². The smallest absolute Gasteiger partial charge is 0.417 e. The van der Waals surface area contributed by atoms with Gasteiger partial charge in [0.2, 0.25) is 0 Å². The Balaban J connectivity index is 2.42.